The zero-order chi connectivity index (χ0) is 16.2. The first kappa shape index (κ1) is 15.4. The van der Waals surface area contributed by atoms with Crippen LogP contribution in [-0.2, 0) is 0 Å². The second-order valence-electron chi connectivity index (χ2n) is 6.35. The molecule has 3 N–H and O–H groups in total. The van der Waals surface area contributed by atoms with E-state index in [4.69, 9.17) is 0 Å². The van der Waals surface area contributed by atoms with Crippen molar-refractivity contribution in [2.75, 3.05) is 10.6 Å². The molecule has 0 bridgehead atoms. The minimum atomic E-state index is -0.127. The minimum absolute atomic E-state index is 0.127. The molecule has 0 radical (unpaired) electrons. The van der Waals surface area contributed by atoms with Crippen LogP contribution in [0, 0.1) is 0 Å². The quantitative estimate of drug-likeness (QED) is 0.740. The van der Waals surface area contributed by atoms with Gasteiger partial charge in [-0.1, -0.05) is 26.0 Å². The molecule has 0 spiro atoms. The van der Waals surface area contributed by atoms with Crippen LogP contribution in [-0.4, -0.2) is 12.1 Å². The van der Waals surface area contributed by atoms with Gasteiger partial charge in [-0.2, -0.15) is 0 Å². The Morgan fingerprint density at radius 3 is 1.96 bits per heavy atom. The van der Waals surface area contributed by atoms with Crippen LogP contribution in [0.25, 0.3) is 0 Å². The molecule has 3 rings (SSSR count). The van der Waals surface area contributed by atoms with Crippen molar-refractivity contribution >= 4 is 23.1 Å². The molecule has 120 valence electrons. The molecule has 2 amide bonds. The number of carbonyl (C=O) groups is 1. The molecular formula is C19H23N3O. The lowest BCUT2D eigenvalue weighted by Gasteiger charge is -2.11. The van der Waals surface area contributed by atoms with Crippen molar-refractivity contribution in [3.63, 3.8) is 0 Å². The molecule has 1 saturated carbocycles. The summed E-state index contributed by atoms with van der Waals surface area (Å²) in [6, 6.07) is 16.4. The molecule has 0 saturated heterocycles. The SMILES string of the molecule is CC(C)c1ccc(Nc2ccc(NC(=O)NC3CC3)cc2)cc1. The van der Waals surface area contributed by atoms with E-state index in [2.05, 4.69) is 54.1 Å². The first-order valence-corrected chi connectivity index (χ1v) is 8.15. The number of benzene rings is 2. The number of anilines is 3. The number of carbonyl (C=O) groups excluding carboxylic acids is 1. The summed E-state index contributed by atoms with van der Waals surface area (Å²) in [4.78, 5) is 11.7. The monoisotopic (exact) mass is 309 g/mol. The van der Waals surface area contributed by atoms with Gasteiger partial charge in [-0.15, -0.1) is 0 Å². The summed E-state index contributed by atoms with van der Waals surface area (Å²) in [6.07, 6.45) is 2.18. The van der Waals surface area contributed by atoms with Crippen LogP contribution >= 0.6 is 0 Å². The van der Waals surface area contributed by atoms with Crippen molar-refractivity contribution in [3.05, 3.63) is 54.1 Å². The first-order valence-electron chi connectivity index (χ1n) is 8.15. The van der Waals surface area contributed by atoms with E-state index in [1.165, 1.54) is 5.56 Å². The summed E-state index contributed by atoms with van der Waals surface area (Å²) in [6.45, 7) is 4.38. The van der Waals surface area contributed by atoms with Crippen molar-refractivity contribution in [1.29, 1.82) is 0 Å². The molecule has 0 unspecified atom stereocenters. The van der Waals surface area contributed by atoms with Crippen molar-refractivity contribution < 1.29 is 4.79 Å². The molecule has 2 aromatic carbocycles. The average molecular weight is 309 g/mol. The maximum absolute atomic E-state index is 11.7. The lowest BCUT2D eigenvalue weighted by Crippen LogP contribution is -2.30. The Bertz CT molecular complexity index is 658. The van der Waals surface area contributed by atoms with E-state index >= 15 is 0 Å². The summed E-state index contributed by atoms with van der Waals surface area (Å²) in [7, 11) is 0. The lowest BCUT2D eigenvalue weighted by atomic mass is 10.0. The summed E-state index contributed by atoms with van der Waals surface area (Å²) < 4.78 is 0. The summed E-state index contributed by atoms with van der Waals surface area (Å²) >= 11 is 0. The fourth-order valence-corrected chi connectivity index (χ4v) is 2.34. The highest BCUT2D eigenvalue weighted by Gasteiger charge is 2.23. The Morgan fingerprint density at radius 2 is 1.43 bits per heavy atom. The summed E-state index contributed by atoms with van der Waals surface area (Å²) in [5.41, 5.74) is 4.18. The van der Waals surface area contributed by atoms with Crippen LogP contribution in [0.2, 0.25) is 0 Å². The zero-order valence-electron chi connectivity index (χ0n) is 13.6. The number of urea groups is 1. The van der Waals surface area contributed by atoms with Crippen molar-refractivity contribution in [2.45, 2.75) is 38.6 Å². The Labute approximate surface area is 137 Å². The normalized spacial score (nSPS) is 13.7. The lowest BCUT2D eigenvalue weighted by molar-refractivity contribution is 0.251. The highest BCUT2D eigenvalue weighted by Crippen LogP contribution is 2.22. The van der Waals surface area contributed by atoms with E-state index in [0.717, 1.165) is 29.9 Å². The largest absolute Gasteiger partial charge is 0.356 e. The Hall–Kier alpha value is -2.49. The molecule has 1 fully saturated rings. The third-order valence-electron chi connectivity index (χ3n) is 3.92. The number of hydrogen-bond acceptors (Lipinski definition) is 2. The molecule has 4 nitrogen and oxygen atoms in total. The minimum Gasteiger partial charge on any atom is -0.356 e. The predicted octanol–water partition coefficient (Wildman–Crippen LogP) is 4.84. The van der Waals surface area contributed by atoms with Gasteiger partial charge in [-0.3, -0.25) is 0 Å². The van der Waals surface area contributed by atoms with Gasteiger partial charge in [0.05, 0.1) is 0 Å². The molecule has 0 heterocycles. The average Bonchev–Trinajstić information content (AvgIpc) is 3.33. The summed E-state index contributed by atoms with van der Waals surface area (Å²) in [5.74, 6) is 0.538. The van der Waals surface area contributed by atoms with E-state index in [0.29, 0.717) is 12.0 Å². The smallest absolute Gasteiger partial charge is 0.319 e. The molecule has 1 aliphatic carbocycles. The van der Waals surface area contributed by atoms with Crippen molar-refractivity contribution in [3.8, 4) is 0 Å². The summed E-state index contributed by atoms with van der Waals surface area (Å²) in [5, 5.41) is 9.12. The molecule has 1 aliphatic rings. The molecule has 0 atom stereocenters. The highest BCUT2D eigenvalue weighted by atomic mass is 16.2. The fourth-order valence-electron chi connectivity index (χ4n) is 2.34. The third kappa shape index (κ3) is 4.49. The van der Waals surface area contributed by atoms with Crippen LogP contribution in [0.15, 0.2) is 48.5 Å². The van der Waals surface area contributed by atoms with Gasteiger partial charge in [0, 0.05) is 23.1 Å². The van der Waals surface area contributed by atoms with Crippen LogP contribution < -0.4 is 16.0 Å². The maximum Gasteiger partial charge on any atom is 0.319 e. The standard InChI is InChI=1S/C19H23N3O/c1-13(2)14-3-5-15(6-4-14)20-16-7-9-17(10-8-16)21-19(23)22-18-11-12-18/h3-10,13,18,20H,11-12H2,1-2H3,(H2,21,22,23). The van der Waals surface area contributed by atoms with Gasteiger partial charge < -0.3 is 16.0 Å². The van der Waals surface area contributed by atoms with E-state index in [9.17, 15) is 4.79 Å². The molecule has 2 aromatic rings. The maximum atomic E-state index is 11.7. The molecular weight excluding hydrogens is 286 g/mol. The van der Waals surface area contributed by atoms with Crippen LogP contribution in [0.4, 0.5) is 21.9 Å². The Balaban J connectivity index is 1.57. The third-order valence-corrected chi connectivity index (χ3v) is 3.92. The molecule has 23 heavy (non-hydrogen) atoms. The predicted molar refractivity (Wildman–Crippen MR) is 95.4 cm³/mol. The van der Waals surface area contributed by atoms with Gasteiger partial charge in [-0.05, 0) is 60.7 Å². The van der Waals surface area contributed by atoms with Crippen molar-refractivity contribution in [1.82, 2.24) is 5.32 Å². The van der Waals surface area contributed by atoms with Gasteiger partial charge in [0.2, 0.25) is 0 Å². The molecule has 0 aliphatic heterocycles. The van der Waals surface area contributed by atoms with E-state index in [-0.39, 0.29) is 6.03 Å². The topological polar surface area (TPSA) is 53.2 Å². The van der Waals surface area contributed by atoms with Gasteiger partial charge in [-0.25, -0.2) is 4.79 Å². The van der Waals surface area contributed by atoms with Crippen LogP contribution in [0.5, 0.6) is 0 Å². The Morgan fingerprint density at radius 1 is 0.913 bits per heavy atom. The highest BCUT2D eigenvalue weighted by molar-refractivity contribution is 5.89. The molecule has 0 aromatic heterocycles. The second kappa shape index (κ2) is 6.73. The number of hydrogen-bond donors (Lipinski definition) is 3. The van der Waals surface area contributed by atoms with Gasteiger partial charge in [0.1, 0.15) is 0 Å². The van der Waals surface area contributed by atoms with E-state index in [1.807, 2.05) is 24.3 Å². The number of rotatable bonds is 5. The van der Waals surface area contributed by atoms with Gasteiger partial charge >= 0.3 is 6.03 Å². The van der Waals surface area contributed by atoms with Crippen LogP contribution in [0.1, 0.15) is 38.2 Å². The number of amides is 2. The second-order valence-corrected chi connectivity index (χ2v) is 6.35. The van der Waals surface area contributed by atoms with Gasteiger partial charge in [0.25, 0.3) is 0 Å². The zero-order valence-corrected chi connectivity index (χ0v) is 13.6. The fraction of sp³-hybridized carbons (Fsp3) is 0.316. The van der Waals surface area contributed by atoms with E-state index < -0.39 is 0 Å². The first-order chi connectivity index (χ1) is 11.1. The van der Waals surface area contributed by atoms with Crippen molar-refractivity contribution in [2.24, 2.45) is 0 Å². The Kier molecular flexibility index (Phi) is 4.51. The van der Waals surface area contributed by atoms with E-state index in [1.54, 1.807) is 0 Å². The molecule has 4 heteroatoms. The van der Waals surface area contributed by atoms with Crippen LogP contribution in [0.3, 0.4) is 0 Å². The number of nitrogens with one attached hydrogen (secondary N) is 3. The van der Waals surface area contributed by atoms with Gasteiger partial charge in [0.15, 0.2) is 0 Å².